The van der Waals surface area contributed by atoms with Crippen molar-refractivity contribution in [2.75, 3.05) is 0 Å². The molecule has 1 aromatic heterocycles. The van der Waals surface area contributed by atoms with Crippen LogP contribution in [0.2, 0.25) is 5.02 Å². The Morgan fingerprint density at radius 3 is 2.75 bits per heavy atom. The van der Waals surface area contributed by atoms with Gasteiger partial charge < -0.3 is 5.73 Å². The molecule has 0 aromatic carbocycles. The molecule has 0 amide bonds. The van der Waals surface area contributed by atoms with Crippen LogP contribution in [0.1, 0.15) is 18.5 Å². The summed E-state index contributed by atoms with van der Waals surface area (Å²) in [6.45, 7) is 0. The first-order valence-corrected chi connectivity index (χ1v) is 4.45. The summed E-state index contributed by atoms with van der Waals surface area (Å²) < 4.78 is 0. The lowest BCUT2D eigenvalue weighted by molar-refractivity contribution is 0.659. The quantitative estimate of drug-likeness (QED) is 0.757. The van der Waals surface area contributed by atoms with E-state index in [9.17, 15) is 0 Å². The lowest BCUT2D eigenvalue weighted by Gasteiger charge is -2.06. The van der Waals surface area contributed by atoms with Crippen LogP contribution in [0, 0.1) is 0 Å². The monoisotopic (exact) mass is 182 g/mol. The zero-order chi connectivity index (χ0) is 8.60. The van der Waals surface area contributed by atoms with Crippen LogP contribution in [0.4, 0.5) is 0 Å². The van der Waals surface area contributed by atoms with E-state index < -0.39 is 0 Å². The molecule has 3 heteroatoms. The molecule has 1 fully saturated rings. The van der Waals surface area contributed by atoms with E-state index >= 15 is 0 Å². The zero-order valence-corrected chi connectivity index (χ0v) is 7.51. The smallest absolute Gasteiger partial charge is 0.0589 e. The average molecular weight is 183 g/mol. The number of hydrogen-bond acceptors (Lipinski definition) is 2. The first-order chi connectivity index (χ1) is 5.68. The molecular weight excluding hydrogens is 172 g/mol. The van der Waals surface area contributed by atoms with E-state index in [-0.39, 0.29) is 5.54 Å². The highest BCUT2D eigenvalue weighted by Crippen LogP contribution is 2.35. The van der Waals surface area contributed by atoms with Gasteiger partial charge in [0.1, 0.15) is 0 Å². The Labute approximate surface area is 76.7 Å². The molecule has 2 rings (SSSR count). The number of aromatic nitrogens is 1. The normalized spacial score (nSPS) is 19.2. The molecule has 0 unspecified atom stereocenters. The topological polar surface area (TPSA) is 38.9 Å². The van der Waals surface area contributed by atoms with Crippen molar-refractivity contribution in [3.63, 3.8) is 0 Å². The molecule has 1 heterocycles. The Bertz CT molecular complexity index is 277. The van der Waals surface area contributed by atoms with Gasteiger partial charge in [-0.1, -0.05) is 11.6 Å². The van der Waals surface area contributed by atoms with Gasteiger partial charge in [-0.15, -0.1) is 0 Å². The molecule has 2 N–H and O–H groups in total. The van der Waals surface area contributed by atoms with Crippen molar-refractivity contribution in [3.05, 3.63) is 29.0 Å². The summed E-state index contributed by atoms with van der Waals surface area (Å²) in [6.07, 6.45) is 4.79. The summed E-state index contributed by atoms with van der Waals surface area (Å²) in [5.74, 6) is 0. The molecule has 0 spiro atoms. The predicted octanol–water partition coefficient (Wildman–Crippen LogP) is 1.77. The number of rotatable bonds is 2. The van der Waals surface area contributed by atoms with Gasteiger partial charge in [-0.3, -0.25) is 4.98 Å². The van der Waals surface area contributed by atoms with Gasteiger partial charge in [-0.2, -0.15) is 0 Å². The fourth-order valence-corrected chi connectivity index (χ4v) is 1.32. The molecule has 0 radical (unpaired) electrons. The number of pyridine rings is 1. The summed E-state index contributed by atoms with van der Waals surface area (Å²) in [7, 11) is 0. The maximum atomic E-state index is 5.94. The van der Waals surface area contributed by atoms with Gasteiger partial charge in [0, 0.05) is 23.9 Å². The van der Waals surface area contributed by atoms with E-state index in [1.54, 1.807) is 6.20 Å². The van der Waals surface area contributed by atoms with Gasteiger partial charge in [-0.25, -0.2) is 0 Å². The highest BCUT2D eigenvalue weighted by molar-refractivity contribution is 6.30. The van der Waals surface area contributed by atoms with Crippen molar-refractivity contribution in [2.45, 2.75) is 24.8 Å². The van der Waals surface area contributed by atoms with Crippen LogP contribution < -0.4 is 5.73 Å². The van der Waals surface area contributed by atoms with E-state index in [1.807, 2.05) is 12.1 Å². The van der Waals surface area contributed by atoms with E-state index in [0.717, 1.165) is 25.0 Å². The molecule has 1 aliphatic rings. The Hall–Kier alpha value is -0.600. The SMILES string of the molecule is NC1(Cc2ccc(Cl)cn2)CC1. The summed E-state index contributed by atoms with van der Waals surface area (Å²) in [4.78, 5) is 4.19. The molecular formula is C9H11ClN2. The minimum absolute atomic E-state index is 0.0425. The maximum Gasteiger partial charge on any atom is 0.0589 e. The van der Waals surface area contributed by atoms with Gasteiger partial charge in [0.25, 0.3) is 0 Å². The molecule has 64 valence electrons. The zero-order valence-electron chi connectivity index (χ0n) is 6.76. The number of nitrogens with zero attached hydrogens (tertiary/aromatic N) is 1. The van der Waals surface area contributed by atoms with E-state index in [1.165, 1.54) is 0 Å². The molecule has 2 nitrogen and oxygen atoms in total. The second kappa shape index (κ2) is 2.71. The summed E-state index contributed by atoms with van der Waals surface area (Å²) >= 11 is 5.70. The molecule has 12 heavy (non-hydrogen) atoms. The molecule has 0 atom stereocenters. The third-order valence-corrected chi connectivity index (χ3v) is 2.44. The van der Waals surface area contributed by atoms with E-state index in [4.69, 9.17) is 17.3 Å². The summed E-state index contributed by atoms with van der Waals surface area (Å²) in [5, 5.41) is 0.681. The highest BCUT2D eigenvalue weighted by Gasteiger charge is 2.38. The largest absolute Gasteiger partial charge is 0.325 e. The second-order valence-corrected chi connectivity index (χ2v) is 3.94. The number of hydrogen-bond donors (Lipinski definition) is 1. The Kier molecular flexibility index (Phi) is 1.81. The first kappa shape index (κ1) is 8.02. The maximum absolute atomic E-state index is 5.94. The molecule has 0 saturated heterocycles. The first-order valence-electron chi connectivity index (χ1n) is 4.07. The van der Waals surface area contributed by atoms with E-state index in [0.29, 0.717) is 5.02 Å². The minimum Gasteiger partial charge on any atom is -0.325 e. The van der Waals surface area contributed by atoms with Crippen molar-refractivity contribution in [1.82, 2.24) is 4.98 Å². The molecule has 1 saturated carbocycles. The Morgan fingerprint density at radius 2 is 2.25 bits per heavy atom. The van der Waals surface area contributed by atoms with Crippen LogP contribution in [-0.4, -0.2) is 10.5 Å². The lowest BCUT2D eigenvalue weighted by atomic mass is 10.1. The van der Waals surface area contributed by atoms with Crippen molar-refractivity contribution < 1.29 is 0 Å². The fourth-order valence-electron chi connectivity index (χ4n) is 1.21. The van der Waals surface area contributed by atoms with Crippen LogP contribution in [-0.2, 0) is 6.42 Å². The van der Waals surface area contributed by atoms with Gasteiger partial charge in [0.05, 0.1) is 5.02 Å². The van der Waals surface area contributed by atoms with Crippen molar-refractivity contribution in [2.24, 2.45) is 5.73 Å². The van der Waals surface area contributed by atoms with Crippen molar-refractivity contribution >= 4 is 11.6 Å². The predicted molar refractivity (Wildman–Crippen MR) is 49.1 cm³/mol. The lowest BCUT2D eigenvalue weighted by Crippen LogP contribution is -2.24. The van der Waals surface area contributed by atoms with Crippen LogP contribution in [0.5, 0.6) is 0 Å². The van der Waals surface area contributed by atoms with Crippen LogP contribution in [0.25, 0.3) is 0 Å². The van der Waals surface area contributed by atoms with Crippen LogP contribution in [0.3, 0.4) is 0 Å². The van der Waals surface area contributed by atoms with Gasteiger partial charge >= 0.3 is 0 Å². The van der Waals surface area contributed by atoms with Crippen molar-refractivity contribution in [3.8, 4) is 0 Å². The van der Waals surface area contributed by atoms with Gasteiger partial charge in [-0.05, 0) is 25.0 Å². The molecule has 1 aliphatic carbocycles. The average Bonchev–Trinajstić information content (AvgIpc) is 2.74. The third kappa shape index (κ3) is 1.76. The fraction of sp³-hybridized carbons (Fsp3) is 0.444. The Morgan fingerprint density at radius 1 is 1.50 bits per heavy atom. The standard InChI is InChI=1S/C9H11ClN2/c10-7-1-2-8(12-6-7)5-9(11)3-4-9/h1-2,6H,3-5,11H2. The van der Waals surface area contributed by atoms with Crippen LogP contribution in [0.15, 0.2) is 18.3 Å². The number of halogens is 1. The third-order valence-electron chi connectivity index (χ3n) is 2.21. The van der Waals surface area contributed by atoms with Gasteiger partial charge in [0.15, 0.2) is 0 Å². The van der Waals surface area contributed by atoms with Gasteiger partial charge in [0.2, 0.25) is 0 Å². The summed E-state index contributed by atoms with van der Waals surface area (Å²) in [6, 6.07) is 3.80. The van der Waals surface area contributed by atoms with Crippen LogP contribution >= 0.6 is 11.6 Å². The summed E-state index contributed by atoms with van der Waals surface area (Å²) in [5.41, 5.74) is 7.03. The Balaban J connectivity index is 2.08. The number of nitrogens with two attached hydrogens (primary N) is 1. The second-order valence-electron chi connectivity index (χ2n) is 3.51. The molecule has 0 aliphatic heterocycles. The van der Waals surface area contributed by atoms with Crippen molar-refractivity contribution in [1.29, 1.82) is 0 Å². The minimum atomic E-state index is 0.0425. The molecule has 0 bridgehead atoms. The highest BCUT2D eigenvalue weighted by atomic mass is 35.5. The molecule has 1 aromatic rings. The van der Waals surface area contributed by atoms with E-state index in [2.05, 4.69) is 4.98 Å².